The maximum atomic E-state index is 12.5. The van der Waals surface area contributed by atoms with Crippen molar-refractivity contribution in [3.63, 3.8) is 0 Å². The Bertz CT molecular complexity index is 574. The molecule has 1 rings (SSSR count). The second-order valence-electron chi connectivity index (χ2n) is 4.50. The standard InChI is InChI=1S/C13H15ClN2O5/c1-8(2)15(7-11(17)21-3)13(18)9-5-4-6-10(14)12(9)16(19)20/h4-6,8H,7H2,1-3H3. The van der Waals surface area contributed by atoms with Crippen molar-refractivity contribution in [2.24, 2.45) is 0 Å². The van der Waals surface area contributed by atoms with Crippen LogP contribution in [-0.4, -0.2) is 41.4 Å². The highest BCUT2D eigenvalue weighted by molar-refractivity contribution is 6.33. The van der Waals surface area contributed by atoms with Gasteiger partial charge in [0.05, 0.1) is 12.0 Å². The lowest BCUT2D eigenvalue weighted by Gasteiger charge is -2.25. The molecule has 0 N–H and O–H groups in total. The summed E-state index contributed by atoms with van der Waals surface area (Å²) in [6, 6.07) is 3.74. The summed E-state index contributed by atoms with van der Waals surface area (Å²) in [5.74, 6) is -1.26. The number of carbonyl (C=O) groups excluding carboxylic acids is 2. The number of esters is 1. The zero-order chi connectivity index (χ0) is 16.2. The topological polar surface area (TPSA) is 89.8 Å². The molecular weight excluding hydrogens is 300 g/mol. The van der Waals surface area contributed by atoms with Gasteiger partial charge >= 0.3 is 11.7 Å². The van der Waals surface area contributed by atoms with Gasteiger partial charge in [-0.1, -0.05) is 17.7 Å². The molecule has 0 aliphatic rings. The first-order valence-corrected chi connectivity index (χ1v) is 6.48. The predicted octanol–water partition coefficient (Wildman–Crippen LogP) is 2.27. The van der Waals surface area contributed by atoms with E-state index in [1.54, 1.807) is 13.8 Å². The molecule has 1 amide bonds. The minimum atomic E-state index is -0.716. The Hall–Kier alpha value is -2.15. The van der Waals surface area contributed by atoms with Gasteiger partial charge in [0.2, 0.25) is 0 Å². The Kier molecular flexibility index (Phi) is 5.66. The molecule has 0 aliphatic heterocycles. The molecule has 21 heavy (non-hydrogen) atoms. The van der Waals surface area contributed by atoms with Crippen molar-refractivity contribution < 1.29 is 19.2 Å². The third kappa shape index (κ3) is 3.91. The van der Waals surface area contributed by atoms with Crippen molar-refractivity contribution in [1.82, 2.24) is 4.90 Å². The summed E-state index contributed by atoms with van der Waals surface area (Å²) in [6.07, 6.45) is 0. The molecule has 0 aliphatic carbocycles. The number of rotatable bonds is 5. The highest BCUT2D eigenvalue weighted by Crippen LogP contribution is 2.29. The van der Waals surface area contributed by atoms with Crippen molar-refractivity contribution in [2.45, 2.75) is 19.9 Å². The largest absolute Gasteiger partial charge is 0.468 e. The zero-order valence-corrected chi connectivity index (χ0v) is 12.6. The third-order valence-corrected chi connectivity index (χ3v) is 3.12. The van der Waals surface area contributed by atoms with Crippen LogP contribution in [0.15, 0.2) is 18.2 Å². The van der Waals surface area contributed by atoms with Crippen LogP contribution in [0.25, 0.3) is 0 Å². The Balaban J connectivity index is 3.24. The second kappa shape index (κ2) is 7.03. The number of nitro benzene ring substituents is 1. The van der Waals surface area contributed by atoms with Crippen LogP contribution >= 0.6 is 11.6 Å². The van der Waals surface area contributed by atoms with Crippen LogP contribution < -0.4 is 0 Å². The van der Waals surface area contributed by atoms with Gasteiger partial charge in [0.25, 0.3) is 5.91 Å². The van der Waals surface area contributed by atoms with E-state index in [-0.39, 0.29) is 23.2 Å². The molecule has 0 atom stereocenters. The lowest BCUT2D eigenvalue weighted by Crippen LogP contribution is -2.41. The van der Waals surface area contributed by atoms with Gasteiger partial charge in [-0.15, -0.1) is 0 Å². The van der Waals surface area contributed by atoms with E-state index in [2.05, 4.69) is 4.74 Å². The van der Waals surface area contributed by atoms with E-state index in [4.69, 9.17) is 11.6 Å². The maximum absolute atomic E-state index is 12.5. The number of benzene rings is 1. The summed E-state index contributed by atoms with van der Waals surface area (Å²) in [6.45, 7) is 3.09. The van der Waals surface area contributed by atoms with Crippen LogP contribution in [0.4, 0.5) is 5.69 Å². The monoisotopic (exact) mass is 314 g/mol. The second-order valence-corrected chi connectivity index (χ2v) is 4.90. The van der Waals surface area contributed by atoms with Gasteiger partial charge < -0.3 is 9.64 Å². The predicted molar refractivity (Wildman–Crippen MR) is 76.3 cm³/mol. The third-order valence-electron chi connectivity index (χ3n) is 2.81. The van der Waals surface area contributed by atoms with E-state index >= 15 is 0 Å². The quantitative estimate of drug-likeness (QED) is 0.472. The van der Waals surface area contributed by atoms with E-state index in [0.717, 1.165) is 0 Å². The Morgan fingerprint density at radius 2 is 2.05 bits per heavy atom. The number of halogens is 1. The molecule has 0 spiro atoms. The summed E-state index contributed by atoms with van der Waals surface area (Å²) in [5, 5.41) is 10.9. The fourth-order valence-electron chi connectivity index (χ4n) is 1.72. The fraction of sp³-hybridized carbons (Fsp3) is 0.385. The highest BCUT2D eigenvalue weighted by Gasteiger charge is 2.29. The van der Waals surface area contributed by atoms with Gasteiger partial charge in [-0.3, -0.25) is 19.7 Å². The summed E-state index contributed by atoms with van der Waals surface area (Å²) in [7, 11) is 1.20. The van der Waals surface area contributed by atoms with Crippen molar-refractivity contribution in [3.05, 3.63) is 38.9 Å². The van der Waals surface area contributed by atoms with Crippen LogP contribution in [0.2, 0.25) is 5.02 Å². The normalized spacial score (nSPS) is 10.3. The van der Waals surface area contributed by atoms with Crippen LogP contribution in [0.5, 0.6) is 0 Å². The summed E-state index contributed by atoms with van der Waals surface area (Å²) in [4.78, 5) is 35.4. The minimum absolute atomic E-state index is 0.132. The molecule has 8 heteroatoms. The zero-order valence-electron chi connectivity index (χ0n) is 11.8. The van der Waals surface area contributed by atoms with E-state index < -0.39 is 22.5 Å². The van der Waals surface area contributed by atoms with Gasteiger partial charge in [-0.05, 0) is 26.0 Å². The lowest BCUT2D eigenvalue weighted by atomic mass is 10.1. The lowest BCUT2D eigenvalue weighted by molar-refractivity contribution is -0.385. The van der Waals surface area contributed by atoms with Gasteiger partial charge in [0, 0.05) is 6.04 Å². The van der Waals surface area contributed by atoms with Crippen LogP contribution in [0.1, 0.15) is 24.2 Å². The molecule has 0 aromatic heterocycles. The molecular formula is C13H15ClN2O5. The molecule has 0 fully saturated rings. The number of nitro groups is 1. The number of carbonyl (C=O) groups is 2. The van der Waals surface area contributed by atoms with Gasteiger partial charge in [-0.25, -0.2) is 0 Å². The number of hydrogen-bond donors (Lipinski definition) is 0. The number of amides is 1. The molecule has 0 radical (unpaired) electrons. The summed E-state index contributed by atoms with van der Waals surface area (Å²) >= 11 is 5.78. The number of ether oxygens (including phenoxy) is 1. The van der Waals surface area contributed by atoms with Crippen LogP contribution in [0.3, 0.4) is 0 Å². The van der Waals surface area contributed by atoms with E-state index in [1.165, 1.54) is 30.2 Å². The smallest absolute Gasteiger partial charge is 0.325 e. The average Bonchev–Trinajstić information content (AvgIpc) is 2.42. The first kappa shape index (κ1) is 16.9. The van der Waals surface area contributed by atoms with Gasteiger partial charge in [-0.2, -0.15) is 0 Å². The van der Waals surface area contributed by atoms with Crippen molar-refractivity contribution >= 4 is 29.2 Å². The van der Waals surface area contributed by atoms with Crippen molar-refractivity contribution in [2.75, 3.05) is 13.7 Å². The van der Waals surface area contributed by atoms with Crippen LogP contribution in [-0.2, 0) is 9.53 Å². The molecule has 0 heterocycles. The average molecular weight is 315 g/mol. The van der Waals surface area contributed by atoms with E-state index in [0.29, 0.717) is 0 Å². The van der Waals surface area contributed by atoms with E-state index in [1.807, 2.05) is 0 Å². The molecule has 7 nitrogen and oxygen atoms in total. The molecule has 0 bridgehead atoms. The van der Waals surface area contributed by atoms with Gasteiger partial charge in [0.15, 0.2) is 0 Å². The first-order valence-electron chi connectivity index (χ1n) is 6.10. The van der Waals surface area contributed by atoms with Crippen molar-refractivity contribution in [1.29, 1.82) is 0 Å². The molecule has 1 aromatic rings. The number of methoxy groups -OCH3 is 1. The molecule has 114 valence electrons. The first-order chi connectivity index (χ1) is 9.79. The Morgan fingerprint density at radius 1 is 1.43 bits per heavy atom. The number of hydrogen-bond acceptors (Lipinski definition) is 5. The van der Waals surface area contributed by atoms with Gasteiger partial charge in [0.1, 0.15) is 17.1 Å². The minimum Gasteiger partial charge on any atom is -0.468 e. The number of para-hydroxylation sites is 1. The molecule has 0 unspecified atom stereocenters. The van der Waals surface area contributed by atoms with Crippen molar-refractivity contribution in [3.8, 4) is 0 Å². The Labute approximate surface area is 126 Å². The molecule has 0 saturated carbocycles. The highest BCUT2D eigenvalue weighted by atomic mass is 35.5. The SMILES string of the molecule is COC(=O)CN(C(=O)c1cccc(Cl)c1[N+](=O)[O-])C(C)C. The summed E-state index contributed by atoms with van der Waals surface area (Å²) < 4.78 is 4.53. The van der Waals surface area contributed by atoms with Crippen LogP contribution in [0, 0.1) is 10.1 Å². The van der Waals surface area contributed by atoms with E-state index in [9.17, 15) is 19.7 Å². The number of nitrogens with zero attached hydrogens (tertiary/aromatic N) is 2. The molecule has 1 aromatic carbocycles. The Morgan fingerprint density at radius 3 is 2.52 bits per heavy atom. The summed E-state index contributed by atoms with van der Waals surface area (Å²) in [5.41, 5.74) is -0.634. The molecule has 0 saturated heterocycles. The maximum Gasteiger partial charge on any atom is 0.325 e. The fourth-order valence-corrected chi connectivity index (χ4v) is 1.96.